The van der Waals surface area contributed by atoms with Gasteiger partial charge >= 0.3 is 0 Å². The summed E-state index contributed by atoms with van der Waals surface area (Å²) >= 11 is 0. The van der Waals surface area contributed by atoms with E-state index in [1.165, 1.54) is 0 Å². The molecule has 0 heterocycles. The third-order valence-corrected chi connectivity index (χ3v) is 4.71. The van der Waals surface area contributed by atoms with Crippen molar-refractivity contribution in [2.45, 2.75) is 32.8 Å². The highest BCUT2D eigenvalue weighted by molar-refractivity contribution is 5.96. The van der Waals surface area contributed by atoms with Gasteiger partial charge in [-0.25, -0.2) is 0 Å². The van der Waals surface area contributed by atoms with Crippen LogP contribution in [0.4, 0.5) is 0 Å². The molecule has 0 aliphatic carbocycles. The zero-order valence-electron chi connectivity index (χ0n) is 17.9. The van der Waals surface area contributed by atoms with Crippen LogP contribution in [0, 0.1) is 0 Å². The van der Waals surface area contributed by atoms with E-state index in [0.29, 0.717) is 31.1 Å². The van der Waals surface area contributed by atoms with Gasteiger partial charge in [0, 0.05) is 0 Å². The molecule has 0 aliphatic heterocycles. The van der Waals surface area contributed by atoms with Crippen LogP contribution in [0.5, 0.6) is 11.5 Å². The average Bonchev–Trinajstić information content (AvgIpc) is 2.75. The molecule has 1 N–H and O–H groups in total. The van der Waals surface area contributed by atoms with Gasteiger partial charge in [-0.1, -0.05) is 81.4 Å². The summed E-state index contributed by atoms with van der Waals surface area (Å²) in [4.78, 5) is 12.7. The number of hydrogen-bond acceptors (Lipinski definition) is 3. The third kappa shape index (κ3) is 5.86. The van der Waals surface area contributed by atoms with Gasteiger partial charge in [0.2, 0.25) is 0 Å². The minimum absolute atomic E-state index is 0.00509. The maximum absolute atomic E-state index is 12.7. The number of rotatable bonds is 8. The van der Waals surface area contributed by atoms with Gasteiger partial charge < -0.3 is 14.8 Å². The normalized spacial score (nSPS) is 11.0. The Kier molecular flexibility index (Phi) is 7.12. The summed E-state index contributed by atoms with van der Waals surface area (Å²) in [6.45, 7) is 7.68. The van der Waals surface area contributed by atoms with E-state index < -0.39 is 0 Å². The van der Waals surface area contributed by atoms with E-state index in [9.17, 15) is 4.79 Å². The van der Waals surface area contributed by atoms with Gasteiger partial charge in [0.1, 0.15) is 24.7 Å². The molecule has 30 heavy (non-hydrogen) atoms. The van der Waals surface area contributed by atoms with E-state index in [2.05, 4.69) is 32.2 Å². The quantitative estimate of drug-likeness (QED) is 0.514. The molecule has 3 aromatic rings. The smallest absolute Gasteiger partial charge is 0.255 e. The maximum Gasteiger partial charge on any atom is 0.255 e. The van der Waals surface area contributed by atoms with E-state index in [4.69, 9.17) is 9.47 Å². The average molecular weight is 404 g/mol. The maximum atomic E-state index is 12.7. The zero-order valence-corrected chi connectivity index (χ0v) is 17.9. The van der Waals surface area contributed by atoms with Crippen LogP contribution in [0.1, 0.15) is 42.3 Å². The highest BCUT2D eigenvalue weighted by Gasteiger charge is 2.18. The van der Waals surface area contributed by atoms with Crippen molar-refractivity contribution in [2.24, 2.45) is 0 Å². The van der Waals surface area contributed by atoms with E-state index in [1.54, 1.807) is 6.07 Å². The number of carbonyl (C=O) groups is 1. The first kappa shape index (κ1) is 21.4. The molecular formula is C26H29NO3. The number of nitrogens with one attached hydrogen (secondary N) is 1. The molecular weight excluding hydrogens is 374 g/mol. The fourth-order valence-corrected chi connectivity index (χ4v) is 3.15. The van der Waals surface area contributed by atoms with Gasteiger partial charge in [-0.05, 0) is 34.7 Å². The summed E-state index contributed by atoms with van der Waals surface area (Å²) in [5.74, 6) is 1.25. The second kappa shape index (κ2) is 9.97. The van der Waals surface area contributed by atoms with Crippen LogP contribution >= 0.6 is 0 Å². The number of carbonyl (C=O) groups excluding carboxylic acids is 1. The largest absolute Gasteiger partial charge is 0.491 e. The first-order valence-corrected chi connectivity index (χ1v) is 10.2. The number of ether oxygens (including phenoxy) is 2. The first-order valence-electron chi connectivity index (χ1n) is 10.2. The van der Waals surface area contributed by atoms with Gasteiger partial charge in [0.15, 0.2) is 0 Å². The Labute approximate surface area is 178 Å². The molecule has 0 saturated carbocycles. The molecule has 0 spiro atoms. The second-order valence-electron chi connectivity index (χ2n) is 8.12. The van der Waals surface area contributed by atoms with Crippen LogP contribution in [0.3, 0.4) is 0 Å². The summed E-state index contributed by atoms with van der Waals surface area (Å²) in [6.07, 6.45) is 0. The van der Waals surface area contributed by atoms with E-state index >= 15 is 0 Å². The van der Waals surface area contributed by atoms with Gasteiger partial charge in [-0.15, -0.1) is 0 Å². The molecule has 0 fully saturated rings. The zero-order chi connectivity index (χ0) is 21.4. The van der Waals surface area contributed by atoms with E-state index in [0.717, 1.165) is 16.9 Å². The van der Waals surface area contributed by atoms with Crippen molar-refractivity contribution in [3.05, 3.63) is 95.6 Å². The van der Waals surface area contributed by atoms with Crippen molar-refractivity contribution in [1.82, 2.24) is 5.32 Å². The Hall–Kier alpha value is -3.27. The molecule has 0 bridgehead atoms. The number of para-hydroxylation sites is 2. The van der Waals surface area contributed by atoms with Crippen LogP contribution < -0.4 is 14.8 Å². The van der Waals surface area contributed by atoms with Gasteiger partial charge in [0.05, 0.1) is 12.1 Å². The molecule has 4 nitrogen and oxygen atoms in total. The summed E-state index contributed by atoms with van der Waals surface area (Å²) in [6, 6.07) is 25.2. The minimum atomic E-state index is -0.175. The lowest BCUT2D eigenvalue weighted by molar-refractivity contribution is 0.0942. The lowest BCUT2D eigenvalue weighted by atomic mass is 9.86. The summed E-state index contributed by atoms with van der Waals surface area (Å²) in [7, 11) is 0. The van der Waals surface area contributed by atoms with Gasteiger partial charge in [0.25, 0.3) is 5.91 Å². The molecule has 0 radical (unpaired) electrons. The third-order valence-electron chi connectivity index (χ3n) is 4.71. The molecule has 4 heteroatoms. The molecule has 0 atom stereocenters. The highest BCUT2D eigenvalue weighted by Crippen LogP contribution is 2.30. The Morgan fingerprint density at radius 2 is 1.43 bits per heavy atom. The summed E-state index contributed by atoms with van der Waals surface area (Å²) in [5, 5.41) is 2.92. The number of amides is 1. The molecule has 0 aliphatic rings. The molecule has 0 unspecified atom stereocenters. The lowest BCUT2D eigenvalue weighted by Gasteiger charge is -2.22. The van der Waals surface area contributed by atoms with Crippen molar-refractivity contribution in [1.29, 1.82) is 0 Å². The fraction of sp³-hybridized carbons (Fsp3) is 0.269. The summed E-state index contributed by atoms with van der Waals surface area (Å²) < 4.78 is 11.8. The predicted molar refractivity (Wildman–Crippen MR) is 120 cm³/mol. The molecule has 3 aromatic carbocycles. The second-order valence-corrected chi connectivity index (χ2v) is 8.12. The molecule has 3 rings (SSSR count). The van der Waals surface area contributed by atoms with Crippen LogP contribution in [0.15, 0.2) is 78.9 Å². The van der Waals surface area contributed by atoms with Crippen molar-refractivity contribution in [3.63, 3.8) is 0 Å². The number of hydrogen-bond donors (Lipinski definition) is 1. The SMILES string of the molecule is CC(C)(C)c1ccccc1OCCNC(=O)c1ccccc1OCc1ccccc1. The van der Waals surface area contributed by atoms with E-state index in [1.807, 2.05) is 66.7 Å². The number of benzene rings is 3. The molecule has 1 amide bonds. The van der Waals surface area contributed by atoms with Crippen LogP contribution in [-0.4, -0.2) is 19.1 Å². The van der Waals surface area contributed by atoms with Crippen molar-refractivity contribution < 1.29 is 14.3 Å². The van der Waals surface area contributed by atoms with Gasteiger partial charge in [-0.3, -0.25) is 4.79 Å². The van der Waals surface area contributed by atoms with Crippen molar-refractivity contribution >= 4 is 5.91 Å². The lowest BCUT2D eigenvalue weighted by Crippen LogP contribution is -2.28. The Morgan fingerprint density at radius 3 is 2.17 bits per heavy atom. The molecule has 156 valence electrons. The van der Waals surface area contributed by atoms with E-state index in [-0.39, 0.29) is 11.3 Å². The topological polar surface area (TPSA) is 47.6 Å². The minimum Gasteiger partial charge on any atom is -0.491 e. The Bertz CT molecular complexity index is 961. The predicted octanol–water partition coefficient (Wildman–Crippen LogP) is 5.37. The Morgan fingerprint density at radius 1 is 0.800 bits per heavy atom. The first-order chi connectivity index (χ1) is 14.4. The van der Waals surface area contributed by atoms with Crippen molar-refractivity contribution in [3.8, 4) is 11.5 Å². The van der Waals surface area contributed by atoms with Crippen LogP contribution in [0.25, 0.3) is 0 Å². The monoisotopic (exact) mass is 403 g/mol. The molecule has 0 saturated heterocycles. The Balaban J connectivity index is 1.55. The van der Waals surface area contributed by atoms with Crippen molar-refractivity contribution in [2.75, 3.05) is 13.2 Å². The highest BCUT2D eigenvalue weighted by atomic mass is 16.5. The summed E-state index contributed by atoms with van der Waals surface area (Å²) in [5.41, 5.74) is 2.72. The fourth-order valence-electron chi connectivity index (χ4n) is 3.15. The van der Waals surface area contributed by atoms with Crippen LogP contribution in [-0.2, 0) is 12.0 Å². The standard InChI is InChI=1S/C26H29NO3/c1-26(2,3)22-14-8-10-16-24(22)29-18-17-27-25(28)21-13-7-9-15-23(21)30-19-20-11-5-4-6-12-20/h4-16H,17-19H2,1-3H3,(H,27,28). The molecule has 0 aromatic heterocycles. The van der Waals surface area contributed by atoms with Crippen LogP contribution in [0.2, 0.25) is 0 Å². The van der Waals surface area contributed by atoms with Gasteiger partial charge in [-0.2, -0.15) is 0 Å².